The summed E-state index contributed by atoms with van der Waals surface area (Å²) in [5, 5.41) is 32.7. The lowest BCUT2D eigenvalue weighted by Gasteiger charge is -2.29. The number of nitrogens with one attached hydrogen (secondary N) is 1. The molecule has 19 heavy (non-hydrogen) atoms. The van der Waals surface area contributed by atoms with Crippen molar-refractivity contribution in [1.82, 2.24) is 0 Å². The molecule has 0 aliphatic heterocycles. The van der Waals surface area contributed by atoms with Crippen molar-refractivity contribution in [2.45, 2.75) is 37.8 Å². The summed E-state index contributed by atoms with van der Waals surface area (Å²) >= 11 is 0. The van der Waals surface area contributed by atoms with Gasteiger partial charge in [-0.25, -0.2) is 0 Å². The summed E-state index contributed by atoms with van der Waals surface area (Å²) in [5.41, 5.74) is 0.480. The van der Waals surface area contributed by atoms with E-state index in [1.54, 1.807) is 0 Å². The molecule has 2 N–H and O–H groups in total. The summed E-state index contributed by atoms with van der Waals surface area (Å²) in [6, 6.07) is 6.02. The maximum Gasteiger partial charge on any atom is 0.293 e. The van der Waals surface area contributed by atoms with Gasteiger partial charge in [0.1, 0.15) is 5.69 Å². The summed E-state index contributed by atoms with van der Waals surface area (Å²) < 4.78 is 0. The molecule has 0 bridgehead atoms. The quantitative estimate of drug-likeness (QED) is 0.641. The summed E-state index contributed by atoms with van der Waals surface area (Å²) in [5.74, 6) is 0. The Morgan fingerprint density at radius 1 is 1.42 bits per heavy atom. The van der Waals surface area contributed by atoms with Gasteiger partial charge in [0.15, 0.2) is 0 Å². The first-order valence-corrected chi connectivity index (χ1v) is 6.25. The minimum atomic E-state index is -0.515. The van der Waals surface area contributed by atoms with E-state index < -0.39 is 11.0 Å². The zero-order chi connectivity index (χ0) is 13.8. The van der Waals surface area contributed by atoms with E-state index in [9.17, 15) is 15.2 Å². The Hall–Kier alpha value is -2.13. The lowest BCUT2D eigenvalue weighted by Crippen LogP contribution is -2.36. The maximum atomic E-state index is 11.0. The van der Waals surface area contributed by atoms with Crippen molar-refractivity contribution in [2.24, 2.45) is 0 Å². The first-order valence-electron chi connectivity index (χ1n) is 6.25. The van der Waals surface area contributed by atoms with Crippen LogP contribution in [-0.4, -0.2) is 22.2 Å². The first kappa shape index (κ1) is 13.3. The van der Waals surface area contributed by atoms with Gasteiger partial charge in [0.05, 0.1) is 28.7 Å². The fourth-order valence-corrected chi connectivity index (χ4v) is 2.35. The van der Waals surface area contributed by atoms with Crippen LogP contribution in [0.15, 0.2) is 18.2 Å². The average molecular weight is 261 g/mol. The van der Waals surface area contributed by atoms with Gasteiger partial charge in [-0.2, -0.15) is 5.26 Å². The molecule has 1 fully saturated rings. The third-order valence-electron chi connectivity index (χ3n) is 3.39. The number of rotatable bonds is 3. The number of hydrogen-bond acceptors (Lipinski definition) is 5. The largest absolute Gasteiger partial charge is 0.391 e. The van der Waals surface area contributed by atoms with Crippen LogP contribution < -0.4 is 5.32 Å². The van der Waals surface area contributed by atoms with Gasteiger partial charge < -0.3 is 10.4 Å². The predicted octanol–water partition coefficient (Wildman–Crippen LogP) is 2.18. The molecule has 100 valence electrons. The number of nitrogens with zero attached hydrogens (tertiary/aromatic N) is 2. The smallest absolute Gasteiger partial charge is 0.293 e. The van der Waals surface area contributed by atoms with Gasteiger partial charge in [-0.05, 0) is 25.0 Å². The molecule has 2 atom stereocenters. The van der Waals surface area contributed by atoms with E-state index in [0.717, 1.165) is 19.3 Å². The van der Waals surface area contributed by atoms with Crippen LogP contribution in [0.3, 0.4) is 0 Å². The molecule has 2 rings (SSSR count). The fourth-order valence-electron chi connectivity index (χ4n) is 2.35. The lowest BCUT2D eigenvalue weighted by molar-refractivity contribution is -0.384. The topological polar surface area (TPSA) is 99.2 Å². The number of benzene rings is 1. The van der Waals surface area contributed by atoms with E-state index in [-0.39, 0.29) is 17.3 Å². The summed E-state index contributed by atoms with van der Waals surface area (Å²) in [4.78, 5) is 10.5. The first-order chi connectivity index (χ1) is 9.11. The molecular weight excluding hydrogens is 246 g/mol. The molecule has 1 aromatic rings. The minimum absolute atomic E-state index is 0.128. The molecular formula is C13H15N3O3. The molecule has 0 spiro atoms. The van der Waals surface area contributed by atoms with Crippen LogP contribution in [0.4, 0.5) is 11.4 Å². The Labute approximate surface area is 110 Å². The summed E-state index contributed by atoms with van der Waals surface area (Å²) in [7, 11) is 0. The average Bonchev–Trinajstić information content (AvgIpc) is 2.41. The van der Waals surface area contributed by atoms with Crippen LogP contribution >= 0.6 is 0 Å². The van der Waals surface area contributed by atoms with Gasteiger partial charge in [-0.15, -0.1) is 0 Å². The Morgan fingerprint density at radius 2 is 2.16 bits per heavy atom. The standard InChI is InChI=1S/C13H15N3O3/c14-8-9-5-6-10(12(7-9)16(18)19)15-11-3-1-2-4-13(11)17/h5-7,11,13,15,17H,1-4H2. The Bertz CT molecular complexity index is 524. The van der Waals surface area contributed by atoms with Crippen molar-refractivity contribution < 1.29 is 10.0 Å². The number of anilines is 1. The van der Waals surface area contributed by atoms with Crippen molar-refractivity contribution >= 4 is 11.4 Å². The number of nitro groups is 1. The highest BCUT2D eigenvalue weighted by Gasteiger charge is 2.25. The van der Waals surface area contributed by atoms with Gasteiger partial charge in [0.25, 0.3) is 5.69 Å². The van der Waals surface area contributed by atoms with Crippen LogP contribution in [-0.2, 0) is 0 Å². The Balaban J connectivity index is 2.24. The highest BCUT2D eigenvalue weighted by atomic mass is 16.6. The van der Waals surface area contributed by atoms with E-state index in [2.05, 4.69) is 5.32 Å². The summed E-state index contributed by atoms with van der Waals surface area (Å²) in [6.07, 6.45) is 3.00. The van der Waals surface area contributed by atoms with E-state index in [4.69, 9.17) is 5.26 Å². The van der Waals surface area contributed by atoms with Crippen molar-refractivity contribution in [3.8, 4) is 6.07 Å². The number of aliphatic hydroxyl groups is 1. The van der Waals surface area contributed by atoms with Gasteiger partial charge in [0, 0.05) is 6.07 Å². The van der Waals surface area contributed by atoms with Crippen LogP contribution in [0.5, 0.6) is 0 Å². The Kier molecular flexibility index (Phi) is 3.97. The normalized spacial score (nSPS) is 22.5. The molecule has 1 aliphatic carbocycles. The fraction of sp³-hybridized carbons (Fsp3) is 0.462. The van der Waals surface area contributed by atoms with E-state index in [1.807, 2.05) is 6.07 Å². The highest BCUT2D eigenvalue weighted by molar-refractivity contribution is 5.64. The van der Waals surface area contributed by atoms with E-state index in [0.29, 0.717) is 12.1 Å². The number of aliphatic hydroxyl groups excluding tert-OH is 1. The maximum absolute atomic E-state index is 11.0. The van der Waals surface area contributed by atoms with Crippen LogP contribution in [0.1, 0.15) is 31.2 Å². The van der Waals surface area contributed by atoms with Gasteiger partial charge >= 0.3 is 0 Å². The molecule has 6 nitrogen and oxygen atoms in total. The Morgan fingerprint density at radius 3 is 2.79 bits per heavy atom. The zero-order valence-corrected chi connectivity index (χ0v) is 10.4. The molecule has 1 saturated carbocycles. The zero-order valence-electron chi connectivity index (χ0n) is 10.4. The van der Waals surface area contributed by atoms with Crippen LogP contribution in [0.25, 0.3) is 0 Å². The molecule has 1 aliphatic rings. The number of hydrogen-bond donors (Lipinski definition) is 2. The SMILES string of the molecule is N#Cc1ccc(NC2CCCCC2O)c([N+](=O)[O-])c1. The van der Waals surface area contributed by atoms with Gasteiger partial charge in [-0.3, -0.25) is 10.1 Å². The molecule has 2 unspecified atom stereocenters. The van der Waals surface area contributed by atoms with Crippen molar-refractivity contribution in [1.29, 1.82) is 5.26 Å². The summed E-state index contributed by atoms with van der Waals surface area (Å²) in [6.45, 7) is 0. The molecule has 6 heteroatoms. The van der Waals surface area contributed by atoms with E-state index in [1.165, 1.54) is 18.2 Å². The monoisotopic (exact) mass is 261 g/mol. The second-order valence-corrected chi connectivity index (χ2v) is 4.70. The second-order valence-electron chi connectivity index (χ2n) is 4.70. The molecule has 0 heterocycles. The van der Waals surface area contributed by atoms with Crippen molar-refractivity contribution in [2.75, 3.05) is 5.32 Å². The highest BCUT2D eigenvalue weighted by Crippen LogP contribution is 2.29. The molecule has 0 radical (unpaired) electrons. The van der Waals surface area contributed by atoms with Gasteiger partial charge in [-0.1, -0.05) is 12.8 Å². The third-order valence-corrected chi connectivity index (χ3v) is 3.39. The number of nitro benzene ring substituents is 1. The lowest BCUT2D eigenvalue weighted by atomic mass is 9.92. The van der Waals surface area contributed by atoms with Crippen LogP contribution in [0.2, 0.25) is 0 Å². The minimum Gasteiger partial charge on any atom is -0.391 e. The predicted molar refractivity (Wildman–Crippen MR) is 69.7 cm³/mol. The molecule has 0 aromatic heterocycles. The van der Waals surface area contributed by atoms with Crippen molar-refractivity contribution in [3.63, 3.8) is 0 Å². The molecule has 0 amide bonds. The van der Waals surface area contributed by atoms with E-state index >= 15 is 0 Å². The van der Waals surface area contributed by atoms with Gasteiger partial charge in [0.2, 0.25) is 0 Å². The number of nitriles is 1. The second kappa shape index (κ2) is 5.67. The molecule has 0 saturated heterocycles. The van der Waals surface area contributed by atoms with Crippen LogP contribution in [0, 0.1) is 21.4 Å². The van der Waals surface area contributed by atoms with Crippen molar-refractivity contribution in [3.05, 3.63) is 33.9 Å². The molecule has 1 aromatic carbocycles. The third kappa shape index (κ3) is 3.01.